The van der Waals surface area contributed by atoms with Crippen LogP contribution in [0.2, 0.25) is 5.02 Å². The van der Waals surface area contributed by atoms with Crippen LogP contribution in [0.4, 0.5) is 11.4 Å². The third kappa shape index (κ3) is 4.23. The van der Waals surface area contributed by atoms with E-state index >= 15 is 0 Å². The normalized spacial score (nSPS) is 15.1. The molecule has 1 saturated heterocycles. The number of aromatic nitrogens is 1. The zero-order valence-corrected chi connectivity index (χ0v) is 13.7. The molecule has 3 rings (SSSR count). The van der Waals surface area contributed by atoms with Crippen LogP contribution < -0.4 is 5.32 Å². The summed E-state index contributed by atoms with van der Waals surface area (Å²) in [5.41, 5.74) is 2.34. The van der Waals surface area contributed by atoms with Gasteiger partial charge in [-0.15, -0.1) is 0 Å². The summed E-state index contributed by atoms with van der Waals surface area (Å²) >= 11 is 5.89. The van der Waals surface area contributed by atoms with Gasteiger partial charge in [0.1, 0.15) is 0 Å². The van der Waals surface area contributed by atoms with Crippen molar-refractivity contribution >= 4 is 28.9 Å². The van der Waals surface area contributed by atoms with Gasteiger partial charge in [0.2, 0.25) is 0 Å². The Morgan fingerprint density at radius 2 is 1.70 bits per heavy atom. The third-order valence-corrected chi connectivity index (χ3v) is 4.26. The molecular formula is C18H20ClN3O. The van der Waals surface area contributed by atoms with Crippen molar-refractivity contribution in [2.75, 3.05) is 18.4 Å². The van der Waals surface area contributed by atoms with Crippen LogP contribution in [-0.2, 0) is 0 Å². The molecule has 1 aliphatic heterocycles. The second kappa shape index (κ2) is 7.47. The van der Waals surface area contributed by atoms with Crippen LogP contribution in [0, 0.1) is 0 Å². The molecule has 0 aliphatic carbocycles. The SMILES string of the molecule is O=C(c1cncc(Nc2ccc(Cl)cc2)c1)N1CCCCCC1. The Bertz CT molecular complexity index is 664. The summed E-state index contributed by atoms with van der Waals surface area (Å²) in [4.78, 5) is 18.8. The van der Waals surface area contributed by atoms with Crippen molar-refractivity contribution in [2.45, 2.75) is 25.7 Å². The fourth-order valence-corrected chi connectivity index (χ4v) is 2.91. The number of hydrogen-bond acceptors (Lipinski definition) is 3. The second-order valence-corrected chi connectivity index (χ2v) is 6.24. The second-order valence-electron chi connectivity index (χ2n) is 5.80. The average molecular weight is 330 g/mol. The molecule has 0 bridgehead atoms. The Balaban J connectivity index is 1.73. The summed E-state index contributed by atoms with van der Waals surface area (Å²) in [6, 6.07) is 9.29. The van der Waals surface area contributed by atoms with Crippen molar-refractivity contribution in [3.05, 3.63) is 53.3 Å². The minimum absolute atomic E-state index is 0.0687. The predicted molar refractivity (Wildman–Crippen MR) is 93.3 cm³/mol. The number of pyridine rings is 1. The lowest BCUT2D eigenvalue weighted by molar-refractivity contribution is 0.0761. The van der Waals surface area contributed by atoms with E-state index in [2.05, 4.69) is 10.3 Å². The molecule has 0 saturated carbocycles. The minimum atomic E-state index is 0.0687. The highest BCUT2D eigenvalue weighted by Crippen LogP contribution is 2.20. The van der Waals surface area contributed by atoms with E-state index in [1.54, 1.807) is 12.4 Å². The summed E-state index contributed by atoms with van der Waals surface area (Å²) in [5, 5.41) is 3.94. The highest BCUT2D eigenvalue weighted by atomic mass is 35.5. The van der Waals surface area contributed by atoms with E-state index in [9.17, 15) is 4.79 Å². The number of carbonyl (C=O) groups excluding carboxylic acids is 1. The molecule has 1 aliphatic rings. The fraction of sp³-hybridized carbons (Fsp3) is 0.333. The summed E-state index contributed by atoms with van der Waals surface area (Å²) in [6.07, 6.45) is 7.94. The molecule has 1 aromatic carbocycles. The number of nitrogens with zero attached hydrogens (tertiary/aromatic N) is 2. The van der Waals surface area contributed by atoms with Gasteiger partial charge >= 0.3 is 0 Å². The average Bonchev–Trinajstić information content (AvgIpc) is 2.86. The van der Waals surface area contributed by atoms with Crippen molar-refractivity contribution in [3.8, 4) is 0 Å². The van der Waals surface area contributed by atoms with Gasteiger partial charge in [-0.05, 0) is 43.2 Å². The van der Waals surface area contributed by atoms with Crippen molar-refractivity contribution in [1.82, 2.24) is 9.88 Å². The standard InChI is InChI=1S/C18H20ClN3O/c19-15-5-7-16(8-6-15)21-17-11-14(12-20-13-17)18(23)22-9-3-1-2-4-10-22/h5-8,11-13,21H,1-4,9-10H2. The summed E-state index contributed by atoms with van der Waals surface area (Å²) in [5.74, 6) is 0.0687. The first-order valence-corrected chi connectivity index (χ1v) is 8.37. The van der Waals surface area contributed by atoms with E-state index in [4.69, 9.17) is 11.6 Å². The Hall–Kier alpha value is -2.07. The van der Waals surface area contributed by atoms with E-state index in [0.29, 0.717) is 10.6 Å². The van der Waals surface area contributed by atoms with Crippen molar-refractivity contribution < 1.29 is 4.79 Å². The first-order valence-electron chi connectivity index (χ1n) is 7.99. The molecule has 1 amide bonds. The zero-order chi connectivity index (χ0) is 16.1. The topological polar surface area (TPSA) is 45.2 Å². The highest BCUT2D eigenvalue weighted by molar-refractivity contribution is 6.30. The molecule has 4 nitrogen and oxygen atoms in total. The van der Waals surface area contributed by atoms with Crippen LogP contribution in [0.5, 0.6) is 0 Å². The maximum Gasteiger partial charge on any atom is 0.255 e. The number of amides is 1. The quantitative estimate of drug-likeness (QED) is 0.902. The fourth-order valence-electron chi connectivity index (χ4n) is 2.78. The Kier molecular flexibility index (Phi) is 5.13. The van der Waals surface area contributed by atoms with Gasteiger partial charge in [0.25, 0.3) is 5.91 Å². The van der Waals surface area contributed by atoms with Gasteiger partial charge in [0, 0.05) is 30.0 Å². The summed E-state index contributed by atoms with van der Waals surface area (Å²) in [7, 11) is 0. The molecule has 0 unspecified atom stereocenters. The minimum Gasteiger partial charge on any atom is -0.354 e. The van der Waals surface area contributed by atoms with Gasteiger partial charge in [-0.2, -0.15) is 0 Å². The van der Waals surface area contributed by atoms with E-state index < -0.39 is 0 Å². The Morgan fingerprint density at radius 3 is 2.39 bits per heavy atom. The number of halogens is 1. The predicted octanol–water partition coefficient (Wildman–Crippen LogP) is 4.49. The molecule has 120 valence electrons. The van der Waals surface area contributed by atoms with Crippen molar-refractivity contribution in [1.29, 1.82) is 0 Å². The molecule has 1 fully saturated rings. The molecule has 0 radical (unpaired) electrons. The molecule has 2 aromatic rings. The Labute approximate surface area is 141 Å². The molecule has 0 spiro atoms. The van der Waals surface area contributed by atoms with E-state index in [1.165, 1.54) is 12.8 Å². The lowest BCUT2D eigenvalue weighted by atomic mass is 10.2. The van der Waals surface area contributed by atoms with Crippen LogP contribution >= 0.6 is 11.6 Å². The van der Waals surface area contributed by atoms with Crippen molar-refractivity contribution in [2.24, 2.45) is 0 Å². The number of benzene rings is 1. The molecule has 1 N–H and O–H groups in total. The van der Waals surface area contributed by atoms with Crippen LogP contribution in [0.1, 0.15) is 36.0 Å². The summed E-state index contributed by atoms with van der Waals surface area (Å²) < 4.78 is 0. The van der Waals surface area contributed by atoms with Crippen LogP contribution in [-0.4, -0.2) is 28.9 Å². The van der Waals surface area contributed by atoms with Crippen LogP contribution in [0.25, 0.3) is 0 Å². The first kappa shape index (κ1) is 15.8. The van der Waals surface area contributed by atoms with Crippen molar-refractivity contribution in [3.63, 3.8) is 0 Å². The third-order valence-electron chi connectivity index (χ3n) is 4.01. The molecular weight excluding hydrogens is 310 g/mol. The molecule has 2 heterocycles. The maximum absolute atomic E-state index is 12.6. The number of anilines is 2. The lowest BCUT2D eigenvalue weighted by Gasteiger charge is -2.20. The monoisotopic (exact) mass is 329 g/mol. The van der Waals surface area contributed by atoms with Gasteiger partial charge in [-0.1, -0.05) is 24.4 Å². The lowest BCUT2D eigenvalue weighted by Crippen LogP contribution is -2.31. The van der Waals surface area contributed by atoms with Gasteiger partial charge in [-0.3, -0.25) is 9.78 Å². The molecule has 23 heavy (non-hydrogen) atoms. The van der Waals surface area contributed by atoms with Crippen LogP contribution in [0.3, 0.4) is 0 Å². The van der Waals surface area contributed by atoms with Gasteiger partial charge in [0.15, 0.2) is 0 Å². The zero-order valence-electron chi connectivity index (χ0n) is 13.0. The number of rotatable bonds is 3. The van der Waals surface area contributed by atoms with E-state index in [1.807, 2.05) is 35.2 Å². The first-order chi connectivity index (χ1) is 11.2. The number of likely N-dealkylation sites (tertiary alicyclic amines) is 1. The largest absolute Gasteiger partial charge is 0.354 e. The van der Waals surface area contributed by atoms with E-state index in [-0.39, 0.29) is 5.91 Å². The number of carbonyl (C=O) groups is 1. The van der Waals surface area contributed by atoms with Gasteiger partial charge in [-0.25, -0.2) is 0 Å². The number of nitrogens with one attached hydrogen (secondary N) is 1. The molecule has 0 atom stereocenters. The molecule has 1 aromatic heterocycles. The van der Waals surface area contributed by atoms with Gasteiger partial charge in [0.05, 0.1) is 17.4 Å². The highest BCUT2D eigenvalue weighted by Gasteiger charge is 2.17. The Morgan fingerprint density at radius 1 is 1.00 bits per heavy atom. The van der Waals surface area contributed by atoms with Gasteiger partial charge < -0.3 is 10.2 Å². The smallest absolute Gasteiger partial charge is 0.255 e. The molecule has 5 heteroatoms. The summed E-state index contributed by atoms with van der Waals surface area (Å²) in [6.45, 7) is 1.68. The number of hydrogen-bond donors (Lipinski definition) is 1. The maximum atomic E-state index is 12.6. The van der Waals surface area contributed by atoms with E-state index in [0.717, 1.165) is 37.3 Å². The van der Waals surface area contributed by atoms with Crippen LogP contribution in [0.15, 0.2) is 42.7 Å².